The lowest BCUT2D eigenvalue weighted by Gasteiger charge is -2.06. The van der Waals surface area contributed by atoms with Crippen LogP contribution in [-0.4, -0.2) is 24.9 Å². The minimum absolute atomic E-state index is 0.250. The van der Waals surface area contributed by atoms with Crippen LogP contribution in [0.5, 0.6) is 0 Å². The number of imidazole rings is 1. The van der Waals surface area contributed by atoms with Crippen molar-refractivity contribution in [3.63, 3.8) is 0 Å². The molecule has 104 valence electrons. The van der Waals surface area contributed by atoms with Crippen LogP contribution in [0.4, 0.5) is 0 Å². The van der Waals surface area contributed by atoms with Crippen LogP contribution >= 0.6 is 11.3 Å². The Morgan fingerprint density at radius 2 is 2.20 bits per heavy atom. The standard InChI is InChI=1S/C13H13N3O2S2/c17-20(18,16-6-5-10-2-1-7-19-10)11-3-4-12-13(8-11)15-9-14-12/h1-4,7-9,16H,5-6H2,(H,14,15). The highest BCUT2D eigenvalue weighted by Gasteiger charge is 2.14. The first-order valence-corrected chi connectivity index (χ1v) is 8.47. The normalized spacial score (nSPS) is 12.0. The Balaban J connectivity index is 1.73. The minimum atomic E-state index is -3.48. The number of fused-ring (bicyclic) bond motifs is 1. The van der Waals surface area contributed by atoms with E-state index in [0.717, 1.165) is 10.4 Å². The smallest absolute Gasteiger partial charge is 0.240 e. The fourth-order valence-electron chi connectivity index (χ4n) is 1.93. The second kappa shape index (κ2) is 5.35. The largest absolute Gasteiger partial charge is 0.345 e. The Kier molecular flexibility index (Phi) is 3.56. The number of benzene rings is 1. The molecular weight excluding hydrogens is 294 g/mol. The number of aromatic amines is 1. The third kappa shape index (κ3) is 2.74. The molecule has 0 atom stereocenters. The van der Waals surface area contributed by atoms with Crippen LogP contribution in [0.1, 0.15) is 4.88 Å². The quantitative estimate of drug-likeness (QED) is 0.758. The highest BCUT2D eigenvalue weighted by atomic mass is 32.2. The summed E-state index contributed by atoms with van der Waals surface area (Å²) in [4.78, 5) is 8.39. The highest BCUT2D eigenvalue weighted by molar-refractivity contribution is 7.89. The highest BCUT2D eigenvalue weighted by Crippen LogP contribution is 2.16. The topological polar surface area (TPSA) is 74.8 Å². The molecule has 0 unspecified atom stereocenters. The van der Waals surface area contributed by atoms with Crippen molar-refractivity contribution in [1.29, 1.82) is 0 Å². The molecule has 0 spiro atoms. The maximum Gasteiger partial charge on any atom is 0.240 e. The van der Waals surface area contributed by atoms with E-state index in [0.29, 0.717) is 18.5 Å². The summed E-state index contributed by atoms with van der Waals surface area (Å²) in [5, 5.41) is 1.98. The summed E-state index contributed by atoms with van der Waals surface area (Å²) in [6.45, 7) is 0.393. The van der Waals surface area contributed by atoms with Gasteiger partial charge in [-0.2, -0.15) is 0 Å². The lowest BCUT2D eigenvalue weighted by molar-refractivity contribution is 0.582. The van der Waals surface area contributed by atoms with Crippen molar-refractivity contribution in [2.24, 2.45) is 0 Å². The predicted molar refractivity (Wildman–Crippen MR) is 79.3 cm³/mol. The minimum Gasteiger partial charge on any atom is -0.345 e. The summed E-state index contributed by atoms with van der Waals surface area (Å²) in [6, 6.07) is 8.81. The molecule has 2 aromatic heterocycles. The molecule has 1 aromatic carbocycles. The van der Waals surface area contributed by atoms with Crippen LogP contribution in [0, 0.1) is 0 Å². The lowest BCUT2D eigenvalue weighted by atomic mass is 10.3. The average molecular weight is 307 g/mol. The van der Waals surface area contributed by atoms with Gasteiger partial charge in [0, 0.05) is 11.4 Å². The fourth-order valence-corrected chi connectivity index (χ4v) is 3.70. The van der Waals surface area contributed by atoms with Crippen molar-refractivity contribution in [3.8, 4) is 0 Å². The summed E-state index contributed by atoms with van der Waals surface area (Å²) >= 11 is 1.62. The second-order valence-electron chi connectivity index (χ2n) is 4.31. The molecule has 0 saturated heterocycles. The molecule has 0 radical (unpaired) electrons. The molecule has 7 heteroatoms. The van der Waals surface area contributed by atoms with E-state index in [4.69, 9.17) is 0 Å². The molecule has 2 heterocycles. The molecule has 0 aliphatic rings. The van der Waals surface area contributed by atoms with Gasteiger partial charge >= 0.3 is 0 Å². The van der Waals surface area contributed by atoms with Crippen molar-refractivity contribution < 1.29 is 8.42 Å². The number of H-pyrrole nitrogens is 1. The van der Waals surface area contributed by atoms with Gasteiger partial charge in [-0.15, -0.1) is 11.3 Å². The van der Waals surface area contributed by atoms with E-state index < -0.39 is 10.0 Å². The molecule has 0 aliphatic carbocycles. The van der Waals surface area contributed by atoms with Crippen LogP contribution in [-0.2, 0) is 16.4 Å². The zero-order valence-electron chi connectivity index (χ0n) is 10.5. The first-order valence-electron chi connectivity index (χ1n) is 6.10. The predicted octanol–water partition coefficient (Wildman–Crippen LogP) is 2.15. The Bertz CT molecular complexity index is 807. The number of thiophene rings is 1. The summed E-state index contributed by atoms with van der Waals surface area (Å²) < 4.78 is 27.0. The van der Waals surface area contributed by atoms with E-state index in [2.05, 4.69) is 14.7 Å². The molecule has 3 aromatic rings. The molecule has 0 amide bonds. The van der Waals surface area contributed by atoms with Gasteiger partial charge in [0.15, 0.2) is 0 Å². The van der Waals surface area contributed by atoms with Gasteiger partial charge < -0.3 is 4.98 Å². The van der Waals surface area contributed by atoms with Crippen molar-refractivity contribution >= 4 is 32.4 Å². The molecule has 3 rings (SSSR count). The molecule has 0 fully saturated rings. The van der Waals surface area contributed by atoms with Gasteiger partial charge in [0.2, 0.25) is 10.0 Å². The first-order chi connectivity index (χ1) is 9.65. The van der Waals surface area contributed by atoms with Crippen molar-refractivity contribution in [2.75, 3.05) is 6.54 Å². The zero-order valence-corrected chi connectivity index (χ0v) is 12.2. The SMILES string of the molecule is O=S(=O)(NCCc1cccs1)c1ccc2nc[nH]c2c1. The number of nitrogens with one attached hydrogen (secondary N) is 2. The van der Waals surface area contributed by atoms with E-state index in [-0.39, 0.29) is 4.90 Å². The van der Waals surface area contributed by atoms with E-state index in [1.165, 1.54) is 0 Å². The van der Waals surface area contributed by atoms with Crippen LogP contribution in [0.25, 0.3) is 11.0 Å². The van der Waals surface area contributed by atoms with Gasteiger partial charge in [-0.05, 0) is 36.1 Å². The van der Waals surface area contributed by atoms with E-state index >= 15 is 0 Å². The summed E-state index contributed by atoms with van der Waals surface area (Å²) in [5.41, 5.74) is 1.47. The second-order valence-corrected chi connectivity index (χ2v) is 7.11. The van der Waals surface area contributed by atoms with E-state index in [1.807, 2.05) is 17.5 Å². The van der Waals surface area contributed by atoms with Crippen LogP contribution < -0.4 is 4.72 Å². The number of sulfonamides is 1. The molecule has 20 heavy (non-hydrogen) atoms. The van der Waals surface area contributed by atoms with Crippen LogP contribution in [0.15, 0.2) is 46.9 Å². The van der Waals surface area contributed by atoms with Crippen LogP contribution in [0.3, 0.4) is 0 Å². The van der Waals surface area contributed by atoms with Gasteiger partial charge in [-0.1, -0.05) is 6.07 Å². The van der Waals surface area contributed by atoms with Gasteiger partial charge in [0.1, 0.15) is 0 Å². The Morgan fingerprint density at radius 1 is 1.30 bits per heavy atom. The maximum atomic E-state index is 12.2. The summed E-state index contributed by atoms with van der Waals surface area (Å²) in [5.74, 6) is 0. The third-order valence-corrected chi connectivity index (χ3v) is 5.34. The summed E-state index contributed by atoms with van der Waals surface area (Å²) in [6.07, 6.45) is 2.24. The Morgan fingerprint density at radius 3 is 3.00 bits per heavy atom. The fraction of sp³-hybridized carbons (Fsp3) is 0.154. The Labute approximate surface area is 120 Å². The molecule has 2 N–H and O–H groups in total. The first kappa shape index (κ1) is 13.3. The van der Waals surface area contributed by atoms with E-state index in [9.17, 15) is 8.42 Å². The van der Waals surface area contributed by atoms with Crippen molar-refractivity contribution in [1.82, 2.24) is 14.7 Å². The molecular formula is C13H13N3O2S2. The van der Waals surface area contributed by atoms with E-state index in [1.54, 1.807) is 35.9 Å². The monoisotopic (exact) mass is 307 g/mol. The number of aromatic nitrogens is 2. The van der Waals surface area contributed by atoms with Crippen LogP contribution in [0.2, 0.25) is 0 Å². The third-order valence-electron chi connectivity index (χ3n) is 2.95. The summed E-state index contributed by atoms with van der Waals surface area (Å²) in [7, 11) is -3.48. The Hall–Kier alpha value is -1.70. The zero-order chi connectivity index (χ0) is 14.0. The molecule has 0 bridgehead atoms. The van der Waals surface area contributed by atoms with Crippen molar-refractivity contribution in [3.05, 3.63) is 46.9 Å². The number of hydrogen-bond acceptors (Lipinski definition) is 4. The van der Waals surface area contributed by atoms with Gasteiger partial charge in [0.05, 0.1) is 22.3 Å². The molecule has 5 nitrogen and oxygen atoms in total. The number of hydrogen-bond donors (Lipinski definition) is 2. The maximum absolute atomic E-state index is 12.2. The van der Waals surface area contributed by atoms with Gasteiger partial charge in [0.25, 0.3) is 0 Å². The number of nitrogens with zero attached hydrogens (tertiary/aromatic N) is 1. The van der Waals surface area contributed by atoms with Gasteiger partial charge in [-0.3, -0.25) is 0 Å². The molecule has 0 aliphatic heterocycles. The van der Waals surface area contributed by atoms with Crippen molar-refractivity contribution in [2.45, 2.75) is 11.3 Å². The number of rotatable bonds is 5. The average Bonchev–Trinajstić information content (AvgIpc) is 3.08. The molecule has 0 saturated carbocycles. The van der Waals surface area contributed by atoms with Gasteiger partial charge in [-0.25, -0.2) is 18.1 Å². The lowest BCUT2D eigenvalue weighted by Crippen LogP contribution is -2.25.